The molecule has 0 saturated heterocycles. The lowest BCUT2D eigenvalue weighted by atomic mass is 10.2. The Morgan fingerprint density at radius 2 is 2.00 bits per heavy atom. The van der Waals surface area contributed by atoms with Gasteiger partial charge < -0.3 is 20.2 Å². The van der Waals surface area contributed by atoms with E-state index in [0.29, 0.717) is 11.4 Å². The number of urea groups is 1. The average molecular weight is 337 g/mol. The Morgan fingerprint density at radius 1 is 1.24 bits per heavy atom. The number of hydrogen-bond acceptors (Lipinski definition) is 3. The van der Waals surface area contributed by atoms with E-state index in [1.54, 1.807) is 32.4 Å². The van der Waals surface area contributed by atoms with Gasteiger partial charge in [0.25, 0.3) is 5.56 Å². The van der Waals surface area contributed by atoms with Crippen LogP contribution < -0.4 is 16.2 Å². The molecule has 2 aromatic heterocycles. The van der Waals surface area contributed by atoms with Crippen LogP contribution in [0.15, 0.2) is 53.6 Å². The van der Waals surface area contributed by atoms with Crippen molar-refractivity contribution in [2.24, 2.45) is 7.05 Å². The van der Waals surface area contributed by atoms with Gasteiger partial charge in [-0.25, -0.2) is 9.78 Å². The third-order valence-corrected chi connectivity index (χ3v) is 3.84. The summed E-state index contributed by atoms with van der Waals surface area (Å²) in [6.45, 7) is 2.00. The van der Waals surface area contributed by atoms with Crippen LogP contribution in [0.2, 0.25) is 0 Å². The minimum atomic E-state index is -0.455. The zero-order valence-corrected chi connectivity index (χ0v) is 14.0. The molecular formula is C18H19N5O2. The van der Waals surface area contributed by atoms with Gasteiger partial charge in [0.2, 0.25) is 0 Å². The monoisotopic (exact) mass is 337 g/mol. The first-order valence-corrected chi connectivity index (χ1v) is 7.85. The molecule has 0 radical (unpaired) electrons. The highest BCUT2D eigenvalue weighted by Gasteiger charge is 2.10. The van der Waals surface area contributed by atoms with Gasteiger partial charge in [0, 0.05) is 13.2 Å². The van der Waals surface area contributed by atoms with E-state index >= 15 is 0 Å². The molecule has 3 N–H and O–H groups in total. The normalized spacial score (nSPS) is 10.5. The van der Waals surface area contributed by atoms with Crippen molar-refractivity contribution in [3.8, 4) is 11.3 Å². The van der Waals surface area contributed by atoms with E-state index < -0.39 is 6.03 Å². The fourth-order valence-electron chi connectivity index (χ4n) is 2.41. The average Bonchev–Trinajstić information content (AvgIpc) is 3.10. The number of hydrogen-bond donors (Lipinski definition) is 3. The Bertz CT molecular complexity index is 944. The van der Waals surface area contributed by atoms with Crippen molar-refractivity contribution < 1.29 is 4.79 Å². The Balaban J connectivity index is 1.63. The maximum absolute atomic E-state index is 12.1. The minimum absolute atomic E-state index is 0.227. The Labute approximate surface area is 144 Å². The van der Waals surface area contributed by atoms with E-state index in [1.807, 2.05) is 30.3 Å². The number of H-pyrrole nitrogens is 1. The molecule has 0 bridgehead atoms. The van der Waals surface area contributed by atoms with E-state index in [4.69, 9.17) is 0 Å². The van der Waals surface area contributed by atoms with Gasteiger partial charge in [0.1, 0.15) is 11.5 Å². The molecule has 128 valence electrons. The Hall–Kier alpha value is -3.35. The molecule has 3 rings (SSSR count). The van der Waals surface area contributed by atoms with Crippen LogP contribution in [-0.2, 0) is 13.6 Å². The van der Waals surface area contributed by atoms with Crippen molar-refractivity contribution in [2.45, 2.75) is 13.5 Å². The fourth-order valence-corrected chi connectivity index (χ4v) is 2.41. The summed E-state index contributed by atoms with van der Waals surface area (Å²) in [5.41, 5.74) is 2.63. The number of aromatic amines is 1. The summed E-state index contributed by atoms with van der Waals surface area (Å²) in [6.07, 6.45) is 3.38. The van der Waals surface area contributed by atoms with Crippen LogP contribution in [0.1, 0.15) is 11.4 Å². The first kappa shape index (κ1) is 16.5. The van der Waals surface area contributed by atoms with Crippen molar-refractivity contribution in [3.05, 3.63) is 70.5 Å². The lowest BCUT2D eigenvalue weighted by Crippen LogP contribution is -2.32. The third kappa shape index (κ3) is 3.77. The second-order valence-electron chi connectivity index (χ2n) is 5.71. The smallest absolute Gasteiger partial charge is 0.319 e. The highest BCUT2D eigenvalue weighted by Crippen LogP contribution is 2.15. The van der Waals surface area contributed by atoms with Crippen molar-refractivity contribution in [1.82, 2.24) is 19.9 Å². The van der Waals surface area contributed by atoms with Gasteiger partial charge in [0.05, 0.1) is 18.4 Å². The lowest BCUT2D eigenvalue weighted by Gasteiger charge is -2.09. The molecule has 0 spiro atoms. The number of aromatic nitrogens is 3. The predicted octanol–water partition coefficient (Wildman–Crippen LogP) is 2.41. The number of benzene rings is 1. The van der Waals surface area contributed by atoms with E-state index in [1.165, 1.54) is 4.57 Å². The number of rotatable bonds is 4. The molecule has 0 atom stereocenters. The number of amides is 2. The van der Waals surface area contributed by atoms with Gasteiger partial charge in [-0.1, -0.05) is 30.3 Å². The van der Waals surface area contributed by atoms with Gasteiger partial charge in [-0.15, -0.1) is 0 Å². The van der Waals surface area contributed by atoms with Crippen molar-refractivity contribution in [1.29, 1.82) is 0 Å². The fraction of sp³-hybridized carbons (Fsp3) is 0.167. The standard InChI is InChI=1S/C18H19N5O2/c1-12-8-9-23(2)17(24)16(12)22-18(25)20-11-15-19-10-14(21-15)13-6-4-3-5-7-13/h3-10H,11H2,1-2H3,(H,19,21)(H2,20,22,25). The quantitative estimate of drug-likeness (QED) is 0.682. The van der Waals surface area contributed by atoms with Crippen LogP contribution in [0.5, 0.6) is 0 Å². The van der Waals surface area contributed by atoms with Crippen LogP contribution in [0, 0.1) is 6.92 Å². The predicted molar refractivity (Wildman–Crippen MR) is 96.3 cm³/mol. The van der Waals surface area contributed by atoms with Gasteiger partial charge in [0.15, 0.2) is 0 Å². The number of aryl methyl sites for hydroxylation is 2. The lowest BCUT2D eigenvalue weighted by molar-refractivity contribution is 0.251. The first-order valence-electron chi connectivity index (χ1n) is 7.85. The first-order chi connectivity index (χ1) is 12.0. The zero-order chi connectivity index (χ0) is 17.8. The molecule has 7 nitrogen and oxygen atoms in total. The zero-order valence-electron chi connectivity index (χ0n) is 14.0. The Kier molecular flexibility index (Phi) is 4.65. The van der Waals surface area contributed by atoms with Crippen LogP contribution in [0.25, 0.3) is 11.3 Å². The number of anilines is 1. The molecule has 0 aliphatic carbocycles. The molecule has 0 unspecified atom stereocenters. The summed E-state index contributed by atoms with van der Waals surface area (Å²) in [5.74, 6) is 0.631. The summed E-state index contributed by atoms with van der Waals surface area (Å²) >= 11 is 0. The highest BCUT2D eigenvalue weighted by molar-refractivity contribution is 5.89. The molecule has 1 aromatic carbocycles. The van der Waals surface area contributed by atoms with E-state index in [9.17, 15) is 9.59 Å². The summed E-state index contributed by atoms with van der Waals surface area (Å²) in [6, 6.07) is 11.1. The number of nitrogens with zero attached hydrogens (tertiary/aromatic N) is 2. The highest BCUT2D eigenvalue weighted by atomic mass is 16.2. The van der Waals surface area contributed by atoms with Crippen LogP contribution in [-0.4, -0.2) is 20.6 Å². The third-order valence-electron chi connectivity index (χ3n) is 3.84. The molecule has 0 fully saturated rings. The summed E-state index contributed by atoms with van der Waals surface area (Å²) in [5, 5.41) is 5.30. The Morgan fingerprint density at radius 3 is 2.76 bits per heavy atom. The molecule has 2 amide bonds. The largest absolute Gasteiger partial charge is 0.341 e. The number of pyridine rings is 1. The van der Waals surface area contributed by atoms with Crippen LogP contribution in [0.3, 0.4) is 0 Å². The van der Waals surface area contributed by atoms with Crippen molar-refractivity contribution in [3.63, 3.8) is 0 Å². The SMILES string of the molecule is Cc1ccn(C)c(=O)c1NC(=O)NCc1ncc(-c2ccccc2)[nH]1. The molecule has 2 heterocycles. The topological polar surface area (TPSA) is 91.8 Å². The summed E-state index contributed by atoms with van der Waals surface area (Å²) < 4.78 is 1.42. The van der Waals surface area contributed by atoms with E-state index in [-0.39, 0.29) is 17.8 Å². The van der Waals surface area contributed by atoms with Gasteiger partial charge in [-0.05, 0) is 24.1 Å². The molecule has 7 heteroatoms. The number of carbonyl (C=O) groups excluding carboxylic acids is 1. The molecule has 25 heavy (non-hydrogen) atoms. The number of carbonyl (C=O) groups is 1. The number of imidazole rings is 1. The van der Waals surface area contributed by atoms with Gasteiger partial charge in [-0.2, -0.15) is 0 Å². The van der Waals surface area contributed by atoms with Crippen molar-refractivity contribution in [2.75, 3.05) is 5.32 Å². The minimum Gasteiger partial charge on any atom is -0.341 e. The van der Waals surface area contributed by atoms with Gasteiger partial charge in [-0.3, -0.25) is 4.79 Å². The van der Waals surface area contributed by atoms with Crippen molar-refractivity contribution >= 4 is 11.7 Å². The van der Waals surface area contributed by atoms with E-state index in [0.717, 1.165) is 11.3 Å². The molecule has 0 saturated carbocycles. The second-order valence-corrected chi connectivity index (χ2v) is 5.71. The maximum Gasteiger partial charge on any atom is 0.319 e. The van der Waals surface area contributed by atoms with Crippen LogP contribution in [0.4, 0.5) is 10.5 Å². The van der Waals surface area contributed by atoms with Gasteiger partial charge >= 0.3 is 6.03 Å². The molecule has 0 aliphatic rings. The number of nitrogens with one attached hydrogen (secondary N) is 3. The second kappa shape index (κ2) is 7.04. The molecule has 0 aliphatic heterocycles. The molecule has 3 aromatic rings. The maximum atomic E-state index is 12.1. The summed E-state index contributed by atoms with van der Waals surface area (Å²) in [4.78, 5) is 31.5. The summed E-state index contributed by atoms with van der Waals surface area (Å²) in [7, 11) is 1.64. The molecular weight excluding hydrogens is 318 g/mol. The van der Waals surface area contributed by atoms with Crippen LogP contribution >= 0.6 is 0 Å². The van der Waals surface area contributed by atoms with E-state index in [2.05, 4.69) is 20.6 Å².